The number of carboxylic acids is 1. The first-order valence-corrected chi connectivity index (χ1v) is 14.9. The van der Waals surface area contributed by atoms with E-state index in [0.717, 1.165) is 6.42 Å². The molecule has 40 heavy (non-hydrogen) atoms. The molecule has 3 heterocycles. The molecule has 2 aliphatic rings. The van der Waals surface area contributed by atoms with Crippen molar-refractivity contribution in [3.8, 4) is 6.07 Å². The van der Waals surface area contributed by atoms with Crippen molar-refractivity contribution < 1.29 is 24.2 Å². The molecular formula is C28H36N4O6S2. The van der Waals surface area contributed by atoms with E-state index in [1.807, 2.05) is 11.8 Å². The summed E-state index contributed by atoms with van der Waals surface area (Å²) in [6.07, 6.45) is 5.68. The first-order valence-electron chi connectivity index (χ1n) is 13.7. The number of thioether (sulfide) groups is 1. The first kappa shape index (κ1) is 31.4. The summed E-state index contributed by atoms with van der Waals surface area (Å²) in [4.78, 5) is 54.1. The Hall–Kier alpha value is -3.17. The summed E-state index contributed by atoms with van der Waals surface area (Å²) in [5, 5.41) is 18.7. The van der Waals surface area contributed by atoms with Gasteiger partial charge in [-0.3, -0.25) is 28.6 Å². The molecule has 1 aromatic heterocycles. The third kappa shape index (κ3) is 7.12. The maximum Gasteiger partial charge on any atom is 0.310 e. The second-order valence-corrected chi connectivity index (χ2v) is 11.6. The Balaban J connectivity index is 2.02. The van der Waals surface area contributed by atoms with Gasteiger partial charge < -0.3 is 14.7 Å². The highest BCUT2D eigenvalue weighted by Crippen LogP contribution is 2.37. The van der Waals surface area contributed by atoms with Crippen molar-refractivity contribution in [2.45, 2.75) is 72.3 Å². The van der Waals surface area contributed by atoms with Crippen molar-refractivity contribution in [1.29, 1.82) is 5.26 Å². The molecule has 216 valence electrons. The van der Waals surface area contributed by atoms with E-state index in [1.165, 1.54) is 16.7 Å². The highest BCUT2D eigenvalue weighted by atomic mass is 32.2. The normalized spacial score (nSPS) is 18.4. The van der Waals surface area contributed by atoms with Crippen LogP contribution in [0.25, 0.3) is 6.08 Å². The van der Waals surface area contributed by atoms with Crippen LogP contribution in [0.15, 0.2) is 9.70 Å². The molecule has 1 amide bonds. The molecule has 1 aromatic rings. The minimum atomic E-state index is -0.844. The molecule has 0 bridgehead atoms. The number of aliphatic carboxylic acids is 1. The van der Waals surface area contributed by atoms with Gasteiger partial charge in [-0.2, -0.15) is 5.26 Å². The highest BCUT2D eigenvalue weighted by Gasteiger charge is 2.34. The first-order chi connectivity index (χ1) is 19.1. The SMILES string of the molecule is CCCn1c(N2CCCC(C(=O)OCC)C2)c(/C=C2\SC(=S)N(CCCCCC(=O)O)C2=O)c(C)c(C#N)c1=O. The maximum atomic E-state index is 13.4. The van der Waals surface area contributed by atoms with Crippen molar-refractivity contribution in [3.05, 3.63) is 31.9 Å². The Morgan fingerprint density at radius 2 is 1.98 bits per heavy atom. The molecule has 12 heteroatoms. The molecule has 0 radical (unpaired) electrons. The molecule has 0 aliphatic carbocycles. The number of thiocarbonyl (C=S) groups is 1. The van der Waals surface area contributed by atoms with E-state index in [9.17, 15) is 24.4 Å². The number of piperidine rings is 1. The summed E-state index contributed by atoms with van der Waals surface area (Å²) in [5.74, 6) is -1.12. The van der Waals surface area contributed by atoms with Crippen LogP contribution in [-0.4, -0.2) is 63.0 Å². The highest BCUT2D eigenvalue weighted by molar-refractivity contribution is 8.26. The number of nitriles is 1. The van der Waals surface area contributed by atoms with Gasteiger partial charge >= 0.3 is 11.9 Å². The summed E-state index contributed by atoms with van der Waals surface area (Å²) < 4.78 is 7.28. The molecule has 2 aliphatic heterocycles. The Bertz CT molecular complexity index is 1300. The smallest absolute Gasteiger partial charge is 0.310 e. The predicted molar refractivity (Wildman–Crippen MR) is 158 cm³/mol. The maximum absolute atomic E-state index is 13.4. The Labute approximate surface area is 244 Å². The van der Waals surface area contributed by atoms with Gasteiger partial charge in [0.25, 0.3) is 11.5 Å². The summed E-state index contributed by atoms with van der Waals surface area (Å²) >= 11 is 6.66. The van der Waals surface area contributed by atoms with E-state index in [0.29, 0.717) is 91.1 Å². The van der Waals surface area contributed by atoms with Gasteiger partial charge in [0.1, 0.15) is 21.8 Å². The van der Waals surface area contributed by atoms with Crippen molar-refractivity contribution in [2.75, 3.05) is 31.1 Å². The number of carboxylic acid groups (broad SMARTS) is 1. The fraction of sp³-hybridized carbons (Fsp3) is 0.571. The second kappa shape index (κ2) is 14.5. The number of rotatable bonds is 12. The van der Waals surface area contributed by atoms with Gasteiger partial charge in [0.05, 0.1) is 17.4 Å². The zero-order valence-corrected chi connectivity index (χ0v) is 24.9. The molecular weight excluding hydrogens is 552 g/mol. The number of nitrogens with zero attached hydrogens (tertiary/aromatic N) is 4. The number of esters is 1. The Morgan fingerprint density at radius 1 is 1.23 bits per heavy atom. The predicted octanol–water partition coefficient (Wildman–Crippen LogP) is 4.06. The van der Waals surface area contributed by atoms with Crippen LogP contribution in [0.1, 0.15) is 75.5 Å². The largest absolute Gasteiger partial charge is 0.481 e. The number of amides is 1. The minimum Gasteiger partial charge on any atom is -0.481 e. The second-order valence-electron chi connectivity index (χ2n) is 9.88. The van der Waals surface area contributed by atoms with Gasteiger partial charge in [-0.25, -0.2) is 0 Å². The topological polar surface area (TPSA) is 133 Å². The number of hydrogen-bond donors (Lipinski definition) is 1. The van der Waals surface area contributed by atoms with Gasteiger partial charge in [0, 0.05) is 38.2 Å². The van der Waals surface area contributed by atoms with Crippen molar-refractivity contribution in [2.24, 2.45) is 5.92 Å². The Kier molecular flexibility index (Phi) is 11.3. The van der Waals surface area contributed by atoms with Crippen LogP contribution >= 0.6 is 24.0 Å². The van der Waals surface area contributed by atoms with Crippen molar-refractivity contribution in [1.82, 2.24) is 9.47 Å². The lowest BCUT2D eigenvalue weighted by Gasteiger charge is -2.36. The van der Waals surface area contributed by atoms with Crippen LogP contribution in [-0.2, 0) is 25.7 Å². The average molecular weight is 589 g/mol. The number of carbonyl (C=O) groups excluding carboxylic acids is 2. The molecule has 2 saturated heterocycles. The molecule has 1 N–H and O–H groups in total. The Morgan fingerprint density at radius 3 is 2.62 bits per heavy atom. The fourth-order valence-electron chi connectivity index (χ4n) is 5.08. The number of anilines is 1. The van der Waals surface area contributed by atoms with Crippen LogP contribution in [0.5, 0.6) is 0 Å². The van der Waals surface area contributed by atoms with Crippen LogP contribution in [0.2, 0.25) is 0 Å². The molecule has 2 fully saturated rings. The van der Waals surface area contributed by atoms with E-state index in [4.69, 9.17) is 22.1 Å². The lowest BCUT2D eigenvalue weighted by molar-refractivity contribution is -0.148. The van der Waals surface area contributed by atoms with E-state index in [-0.39, 0.29) is 35.3 Å². The number of carbonyl (C=O) groups is 3. The molecule has 3 rings (SSSR count). The standard InChI is InChI=1S/C28H36N4O6S2/c1-4-12-31-24(30-13-9-10-19(17-30)27(37)38-5-2)20(18(3)21(16-29)25(31)35)15-22-26(36)32(28(39)40-22)14-8-6-7-11-23(33)34/h15,19H,4-14,17H2,1-3H3,(H,33,34)/b22-15-. The molecule has 1 unspecified atom stereocenters. The monoisotopic (exact) mass is 588 g/mol. The molecule has 1 atom stereocenters. The molecule has 10 nitrogen and oxygen atoms in total. The average Bonchev–Trinajstić information content (AvgIpc) is 3.19. The van der Waals surface area contributed by atoms with E-state index in [2.05, 4.69) is 6.07 Å². The summed E-state index contributed by atoms with van der Waals surface area (Å²) in [7, 11) is 0. The molecule has 0 aromatic carbocycles. The van der Waals surface area contributed by atoms with Crippen molar-refractivity contribution >= 4 is 58.0 Å². The zero-order chi connectivity index (χ0) is 29.4. The number of hydrogen-bond acceptors (Lipinski definition) is 9. The third-order valence-corrected chi connectivity index (χ3v) is 8.43. The molecule has 0 spiro atoms. The van der Waals surface area contributed by atoms with Crippen LogP contribution in [0.3, 0.4) is 0 Å². The third-order valence-electron chi connectivity index (χ3n) is 7.06. The number of aromatic nitrogens is 1. The fourth-order valence-corrected chi connectivity index (χ4v) is 6.38. The minimum absolute atomic E-state index is 0.0244. The van der Waals surface area contributed by atoms with E-state index in [1.54, 1.807) is 24.5 Å². The van der Waals surface area contributed by atoms with Crippen LogP contribution in [0.4, 0.5) is 5.82 Å². The molecule has 0 saturated carbocycles. The number of ether oxygens (including phenoxy) is 1. The zero-order valence-electron chi connectivity index (χ0n) is 23.2. The van der Waals surface area contributed by atoms with Crippen molar-refractivity contribution in [3.63, 3.8) is 0 Å². The van der Waals surface area contributed by atoms with E-state index < -0.39 is 5.97 Å². The lowest BCUT2D eigenvalue weighted by atomic mass is 9.96. The number of pyridine rings is 1. The van der Waals surface area contributed by atoms with Gasteiger partial charge in [-0.15, -0.1) is 0 Å². The lowest BCUT2D eigenvalue weighted by Crippen LogP contribution is -2.43. The van der Waals surface area contributed by atoms with Gasteiger partial charge in [0.15, 0.2) is 0 Å². The summed E-state index contributed by atoms with van der Waals surface area (Å²) in [6.45, 7) is 7.46. The van der Waals surface area contributed by atoms with E-state index >= 15 is 0 Å². The summed E-state index contributed by atoms with van der Waals surface area (Å²) in [6, 6.07) is 2.05. The number of unbranched alkanes of at least 4 members (excludes halogenated alkanes) is 2. The quantitative estimate of drug-likeness (QED) is 0.165. The van der Waals surface area contributed by atoms with Crippen LogP contribution < -0.4 is 10.5 Å². The van der Waals surface area contributed by atoms with Gasteiger partial charge in [-0.1, -0.05) is 37.3 Å². The van der Waals surface area contributed by atoms with Gasteiger partial charge in [-0.05, 0) is 57.6 Å². The van der Waals surface area contributed by atoms with Crippen LogP contribution in [0, 0.1) is 24.2 Å². The summed E-state index contributed by atoms with van der Waals surface area (Å²) in [5.41, 5.74) is 0.709. The van der Waals surface area contributed by atoms with Gasteiger partial charge in [0.2, 0.25) is 0 Å².